The van der Waals surface area contributed by atoms with Crippen LogP contribution in [0.4, 0.5) is 4.79 Å². The molecular formula is C13H21N3O2. The molecule has 0 radical (unpaired) electrons. The molecule has 2 unspecified atom stereocenters. The molecule has 0 aliphatic heterocycles. The molecule has 2 N–H and O–H groups in total. The Morgan fingerprint density at radius 3 is 2.61 bits per heavy atom. The van der Waals surface area contributed by atoms with Gasteiger partial charge in [-0.15, -0.1) is 0 Å². The van der Waals surface area contributed by atoms with E-state index in [4.69, 9.17) is 0 Å². The Hall–Kier alpha value is -1.62. The van der Waals surface area contributed by atoms with Gasteiger partial charge in [0.1, 0.15) is 0 Å². The Labute approximate surface area is 108 Å². The number of carbonyl (C=O) groups is 1. The molecule has 0 aliphatic carbocycles. The number of hydrogen-bond acceptors (Lipinski definition) is 3. The van der Waals surface area contributed by atoms with E-state index in [0.717, 1.165) is 5.56 Å². The second-order valence-electron chi connectivity index (χ2n) is 4.51. The van der Waals surface area contributed by atoms with E-state index < -0.39 is 6.10 Å². The number of carbonyl (C=O) groups excluding carboxylic acids is 1. The molecule has 2 amide bonds. The molecular weight excluding hydrogens is 230 g/mol. The number of hydrogen-bond donors (Lipinski definition) is 2. The van der Waals surface area contributed by atoms with E-state index in [9.17, 15) is 9.90 Å². The summed E-state index contributed by atoms with van der Waals surface area (Å²) in [6.07, 6.45) is 3.59. The van der Waals surface area contributed by atoms with Gasteiger partial charge in [0.05, 0.1) is 12.1 Å². The number of nitrogens with one attached hydrogen (secondary N) is 1. The SMILES string of the molecule is CC(O)CCN(C)C(=O)NC(C)c1ccncc1. The minimum atomic E-state index is -0.391. The quantitative estimate of drug-likeness (QED) is 0.834. The Morgan fingerprint density at radius 2 is 2.06 bits per heavy atom. The highest BCUT2D eigenvalue weighted by Gasteiger charge is 2.13. The molecule has 0 aliphatic rings. The molecule has 5 nitrogen and oxygen atoms in total. The van der Waals surface area contributed by atoms with Gasteiger partial charge in [0.2, 0.25) is 0 Å². The van der Waals surface area contributed by atoms with Crippen LogP contribution in [0.3, 0.4) is 0 Å². The number of pyridine rings is 1. The topological polar surface area (TPSA) is 65.5 Å². The largest absolute Gasteiger partial charge is 0.393 e. The number of nitrogens with zero attached hydrogens (tertiary/aromatic N) is 2. The molecule has 0 saturated carbocycles. The maximum Gasteiger partial charge on any atom is 0.317 e. The van der Waals surface area contributed by atoms with Crippen molar-refractivity contribution in [2.24, 2.45) is 0 Å². The van der Waals surface area contributed by atoms with Crippen LogP contribution in [0.5, 0.6) is 0 Å². The molecule has 0 bridgehead atoms. The standard InChI is InChI=1S/C13H21N3O2/c1-10(17)6-9-16(3)13(18)15-11(2)12-4-7-14-8-5-12/h4-5,7-8,10-11,17H,6,9H2,1-3H3,(H,15,18). The second-order valence-corrected chi connectivity index (χ2v) is 4.51. The summed E-state index contributed by atoms with van der Waals surface area (Å²) in [6.45, 7) is 4.17. The first-order valence-corrected chi connectivity index (χ1v) is 6.10. The molecule has 2 atom stereocenters. The summed E-state index contributed by atoms with van der Waals surface area (Å²) in [4.78, 5) is 17.4. The molecule has 1 aromatic heterocycles. The molecule has 0 fully saturated rings. The lowest BCUT2D eigenvalue weighted by Gasteiger charge is -2.22. The molecule has 5 heteroatoms. The molecule has 1 rings (SSSR count). The first-order chi connectivity index (χ1) is 8.50. The van der Waals surface area contributed by atoms with Crippen molar-refractivity contribution in [3.63, 3.8) is 0 Å². The summed E-state index contributed by atoms with van der Waals surface area (Å²) in [6, 6.07) is 3.55. The van der Waals surface area contributed by atoms with Crippen LogP contribution < -0.4 is 5.32 Å². The van der Waals surface area contributed by atoms with Crippen molar-refractivity contribution in [2.75, 3.05) is 13.6 Å². The average Bonchev–Trinajstić information content (AvgIpc) is 2.36. The summed E-state index contributed by atoms with van der Waals surface area (Å²) in [7, 11) is 1.72. The summed E-state index contributed by atoms with van der Waals surface area (Å²) in [5.74, 6) is 0. The molecule has 18 heavy (non-hydrogen) atoms. The smallest absolute Gasteiger partial charge is 0.317 e. The highest BCUT2D eigenvalue weighted by molar-refractivity contribution is 5.74. The van der Waals surface area contributed by atoms with Gasteiger partial charge in [0.15, 0.2) is 0 Å². The molecule has 0 spiro atoms. The third kappa shape index (κ3) is 4.71. The van der Waals surface area contributed by atoms with Crippen molar-refractivity contribution in [1.82, 2.24) is 15.2 Å². The van der Waals surface area contributed by atoms with Crippen molar-refractivity contribution >= 4 is 6.03 Å². The summed E-state index contributed by atoms with van der Waals surface area (Å²) >= 11 is 0. The zero-order valence-electron chi connectivity index (χ0n) is 11.1. The molecule has 0 saturated heterocycles. The molecule has 100 valence electrons. The number of aliphatic hydroxyl groups is 1. The van der Waals surface area contributed by atoms with Crippen LogP contribution in [0.1, 0.15) is 31.9 Å². The fourth-order valence-corrected chi connectivity index (χ4v) is 1.51. The van der Waals surface area contributed by atoms with Crippen LogP contribution in [0.25, 0.3) is 0 Å². The van der Waals surface area contributed by atoms with Crippen LogP contribution in [0, 0.1) is 0 Å². The van der Waals surface area contributed by atoms with E-state index in [-0.39, 0.29) is 12.1 Å². The number of urea groups is 1. The zero-order chi connectivity index (χ0) is 13.5. The van der Waals surface area contributed by atoms with Crippen molar-refractivity contribution < 1.29 is 9.90 Å². The van der Waals surface area contributed by atoms with E-state index in [1.807, 2.05) is 19.1 Å². The Morgan fingerprint density at radius 1 is 1.44 bits per heavy atom. The minimum absolute atomic E-state index is 0.0606. The third-order valence-electron chi connectivity index (χ3n) is 2.78. The summed E-state index contributed by atoms with van der Waals surface area (Å²) in [5, 5.41) is 12.1. The highest BCUT2D eigenvalue weighted by atomic mass is 16.3. The van der Waals surface area contributed by atoms with Gasteiger partial charge in [0, 0.05) is 26.0 Å². The molecule has 1 heterocycles. The van der Waals surface area contributed by atoms with Gasteiger partial charge in [-0.1, -0.05) is 0 Å². The second kappa shape index (κ2) is 6.96. The Bertz CT molecular complexity index is 368. The summed E-state index contributed by atoms with van der Waals surface area (Å²) < 4.78 is 0. The van der Waals surface area contributed by atoms with Crippen LogP contribution in [-0.2, 0) is 0 Å². The van der Waals surface area contributed by atoms with E-state index >= 15 is 0 Å². The van der Waals surface area contributed by atoms with Crippen LogP contribution >= 0.6 is 0 Å². The molecule has 1 aromatic rings. The van der Waals surface area contributed by atoms with Crippen LogP contribution in [0.2, 0.25) is 0 Å². The maximum absolute atomic E-state index is 11.9. The number of aliphatic hydroxyl groups excluding tert-OH is 1. The lowest BCUT2D eigenvalue weighted by molar-refractivity contribution is 0.162. The van der Waals surface area contributed by atoms with Gasteiger partial charge in [0.25, 0.3) is 0 Å². The maximum atomic E-state index is 11.9. The lowest BCUT2D eigenvalue weighted by atomic mass is 10.1. The van der Waals surface area contributed by atoms with Crippen molar-refractivity contribution in [3.05, 3.63) is 30.1 Å². The predicted molar refractivity (Wildman–Crippen MR) is 70.1 cm³/mol. The van der Waals surface area contributed by atoms with Crippen LogP contribution in [-0.4, -0.2) is 40.7 Å². The third-order valence-corrected chi connectivity index (χ3v) is 2.78. The van der Waals surface area contributed by atoms with Gasteiger partial charge in [-0.05, 0) is 38.0 Å². The fraction of sp³-hybridized carbons (Fsp3) is 0.538. The monoisotopic (exact) mass is 251 g/mol. The fourth-order valence-electron chi connectivity index (χ4n) is 1.51. The van der Waals surface area contributed by atoms with Gasteiger partial charge in [-0.25, -0.2) is 4.79 Å². The summed E-state index contributed by atoms with van der Waals surface area (Å²) in [5.41, 5.74) is 1.02. The van der Waals surface area contributed by atoms with Gasteiger partial charge >= 0.3 is 6.03 Å². The predicted octanol–water partition coefficient (Wildman–Crippen LogP) is 1.55. The van der Waals surface area contributed by atoms with Gasteiger partial charge < -0.3 is 15.3 Å². The van der Waals surface area contributed by atoms with Crippen LogP contribution in [0.15, 0.2) is 24.5 Å². The molecule has 0 aromatic carbocycles. The van der Waals surface area contributed by atoms with Gasteiger partial charge in [-0.2, -0.15) is 0 Å². The van der Waals surface area contributed by atoms with Crippen molar-refractivity contribution in [2.45, 2.75) is 32.4 Å². The van der Waals surface area contributed by atoms with Gasteiger partial charge in [-0.3, -0.25) is 4.98 Å². The minimum Gasteiger partial charge on any atom is -0.393 e. The lowest BCUT2D eigenvalue weighted by Crippen LogP contribution is -2.39. The van der Waals surface area contributed by atoms with E-state index in [1.165, 1.54) is 0 Å². The van der Waals surface area contributed by atoms with E-state index in [0.29, 0.717) is 13.0 Å². The Balaban J connectivity index is 2.44. The average molecular weight is 251 g/mol. The number of rotatable bonds is 5. The first kappa shape index (κ1) is 14.4. The van der Waals surface area contributed by atoms with Crippen molar-refractivity contribution in [3.8, 4) is 0 Å². The normalized spacial score (nSPS) is 13.8. The van der Waals surface area contributed by atoms with Crippen molar-refractivity contribution in [1.29, 1.82) is 0 Å². The zero-order valence-corrected chi connectivity index (χ0v) is 11.1. The number of amides is 2. The van der Waals surface area contributed by atoms with E-state index in [1.54, 1.807) is 31.3 Å². The number of aromatic nitrogens is 1. The highest BCUT2D eigenvalue weighted by Crippen LogP contribution is 2.10. The van der Waals surface area contributed by atoms with E-state index in [2.05, 4.69) is 10.3 Å². The first-order valence-electron chi connectivity index (χ1n) is 6.10. The Kier molecular flexibility index (Phi) is 5.58.